The number of nitrogens with one attached hydrogen (secondary N) is 1. The maximum Gasteiger partial charge on any atom is 0.336 e. The van der Waals surface area contributed by atoms with E-state index in [1.54, 1.807) is 19.9 Å². The largest absolute Gasteiger partial charge is 0.480 e. The number of carboxylic acids is 1. The third kappa shape index (κ3) is 4.91. The summed E-state index contributed by atoms with van der Waals surface area (Å²) < 4.78 is 11.1. The SMILES string of the molecule is CCCc1cc(=O)oc2c(C)c(O[C@H](C)C(=O)N[C@@H](CCC)C(=O)O)ccc12. The van der Waals surface area contributed by atoms with Crippen molar-refractivity contribution in [2.24, 2.45) is 0 Å². The van der Waals surface area contributed by atoms with E-state index in [1.165, 1.54) is 6.07 Å². The van der Waals surface area contributed by atoms with Crippen molar-refractivity contribution >= 4 is 22.8 Å². The summed E-state index contributed by atoms with van der Waals surface area (Å²) in [7, 11) is 0. The van der Waals surface area contributed by atoms with Gasteiger partial charge in [-0.3, -0.25) is 4.79 Å². The van der Waals surface area contributed by atoms with Crippen molar-refractivity contribution in [2.75, 3.05) is 0 Å². The second-order valence-corrected chi connectivity index (χ2v) is 6.85. The van der Waals surface area contributed by atoms with Gasteiger partial charge in [-0.05, 0) is 44.4 Å². The van der Waals surface area contributed by atoms with E-state index in [2.05, 4.69) is 5.32 Å². The molecule has 0 saturated carbocycles. The lowest BCUT2D eigenvalue weighted by Gasteiger charge is -2.20. The average molecular weight is 389 g/mol. The highest BCUT2D eigenvalue weighted by Crippen LogP contribution is 2.29. The first-order chi connectivity index (χ1) is 13.3. The van der Waals surface area contributed by atoms with Crippen LogP contribution in [0.5, 0.6) is 5.75 Å². The van der Waals surface area contributed by atoms with Gasteiger partial charge in [-0.25, -0.2) is 9.59 Å². The Morgan fingerprint density at radius 1 is 1.25 bits per heavy atom. The molecular weight excluding hydrogens is 362 g/mol. The van der Waals surface area contributed by atoms with Crippen LogP contribution in [0.15, 0.2) is 27.4 Å². The third-order valence-corrected chi connectivity index (χ3v) is 4.58. The minimum Gasteiger partial charge on any atom is -0.480 e. The van der Waals surface area contributed by atoms with E-state index in [4.69, 9.17) is 9.15 Å². The predicted molar refractivity (Wildman–Crippen MR) is 106 cm³/mol. The van der Waals surface area contributed by atoms with Crippen LogP contribution in [0.4, 0.5) is 0 Å². The molecule has 0 aliphatic rings. The van der Waals surface area contributed by atoms with Crippen molar-refractivity contribution in [1.82, 2.24) is 5.32 Å². The summed E-state index contributed by atoms with van der Waals surface area (Å²) in [6, 6.07) is 4.10. The quantitative estimate of drug-likeness (QED) is 0.638. The van der Waals surface area contributed by atoms with E-state index in [9.17, 15) is 19.5 Å². The molecule has 28 heavy (non-hydrogen) atoms. The fourth-order valence-electron chi connectivity index (χ4n) is 3.09. The molecular formula is C21H27NO6. The van der Waals surface area contributed by atoms with Crippen molar-refractivity contribution in [3.05, 3.63) is 39.7 Å². The molecule has 2 N–H and O–H groups in total. The molecule has 0 fully saturated rings. The topological polar surface area (TPSA) is 106 Å². The number of aryl methyl sites for hydroxylation is 2. The van der Waals surface area contributed by atoms with Crippen LogP contribution in [0, 0.1) is 6.92 Å². The first kappa shape index (κ1) is 21.5. The Morgan fingerprint density at radius 2 is 1.96 bits per heavy atom. The van der Waals surface area contributed by atoms with E-state index < -0.39 is 29.6 Å². The van der Waals surface area contributed by atoms with Crippen LogP contribution < -0.4 is 15.7 Å². The van der Waals surface area contributed by atoms with Crippen LogP contribution in [-0.2, 0) is 16.0 Å². The molecule has 1 heterocycles. The van der Waals surface area contributed by atoms with Crippen LogP contribution in [0.2, 0.25) is 0 Å². The Hall–Kier alpha value is -2.83. The highest BCUT2D eigenvalue weighted by Gasteiger charge is 2.24. The summed E-state index contributed by atoms with van der Waals surface area (Å²) in [5.41, 5.74) is 1.55. The molecule has 0 spiro atoms. The lowest BCUT2D eigenvalue weighted by molar-refractivity contribution is -0.143. The van der Waals surface area contributed by atoms with Crippen molar-refractivity contribution in [3.8, 4) is 5.75 Å². The molecule has 0 aliphatic carbocycles. The Bertz CT molecular complexity index is 917. The number of hydrogen-bond donors (Lipinski definition) is 2. The molecule has 1 aromatic heterocycles. The minimum atomic E-state index is -1.07. The van der Waals surface area contributed by atoms with Crippen LogP contribution in [0.1, 0.15) is 51.2 Å². The molecule has 2 atom stereocenters. The number of hydrogen-bond acceptors (Lipinski definition) is 5. The van der Waals surface area contributed by atoms with Gasteiger partial charge in [-0.2, -0.15) is 0 Å². The molecule has 0 saturated heterocycles. The van der Waals surface area contributed by atoms with Gasteiger partial charge < -0.3 is 19.6 Å². The highest BCUT2D eigenvalue weighted by molar-refractivity contribution is 5.87. The molecule has 1 amide bonds. The fraction of sp³-hybridized carbons (Fsp3) is 0.476. The number of carbonyl (C=O) groups excluding carboxylic acids is 1. The molecule has 152 valence electrons. The fourth-order valence-corrected chi connectivity index (χ4v) is 3.09. The molecule has 2 aromatic rings. The average Bonchev–Trinajstić information content (AvgIpc) is 2.64. The van der Waals surface area contributed by atoms with Gasteiger partial charge in [0.2, 0.25) is 0 Å². The molecule has 2 rings (SSSR count). The molecule has 0 aliphatic heterocycles. The lowest BCUT2D eigenvalue weighted by atomic mass is 10.0. The number of amides is 1. The van der Waals surface area contributed by atoms with E-state index in [-0.39, 0.29) is 0 Å². The zero-order chi connectivity index (χ0) is 20.8. The summed E-state index contributed by atoms with van der Waals surface area (Å²) in [5, 5.41) is 12.5. The summed E-state index contributed by atoms with van der Waals surface area (Å²) in [4.78, 5) is 35.5. The number of carboxylic acid groups (broad SMARTS) is 1. The zero-order valence-corrected chi connectivity index (χ0v) is 16.7. The van der Waals surface area contributed by atoms with Gasteiger partial charge in [0.25, 0.3) is 5.91 Å². The number of fused-ring (bicyclic) bond motifs is 1. The van der Waals surface area contributed by atoms with E-state index in [0.29, 0.717) is 29.7 Å². The highest BCUT2D eigenvalue weighted by atomic mass is 16.5. The standard InChI is InChI=1S/C21H27NO6/c1-5-7-14-11-18(23)28-19-12(3)17(10-9-15(14)19)27-13(4)20(24)22-16(8-6-2)21(25)26/h9-11,13,16H,5-8H2,1-4H3,(H,22,24)(H,25,26)/t13-,16+/m1/s1. The maximum atomic E-state index is 12.3. The van der Waals surface area contributed by atoms with E-state index >= 15 is 0 Å². The van der Waals surface area contributed by atoms with Crippen LogP contribution in [0.3, 0.4) is 0 Å². The number of carbonyl (C=O) groups is 2. The number of ether oxygens (including phenoxy) is 1. The molecule has 0 bridgehead atoms. The third-order valence-electron chi connectivity index (χ3n) is 4.58. The number of aliphatic carboxylic acids is 1. The number of rotatable bonds is 9. The predicted octanol–water partition coefficient (Wildman–Crippen LogP) is 3.19. The summed E-state index contributed by atoms with van der Waals surface area (Å²) in [5.74, 6) is -1.18. The maximum absolute atomic E-state index is 12.3. The van der Waals surface area contributed by atoms with E-state index in [1.807, 2.05) is 19.9 Å². The Morgan fingerprint density at radius 3 is 2.57 bits per heavy atom. The summed E-state index contributed by atoms with van der Waals surface area (Å²) >= 11 is 0. The van der Waals surface area contributed by atoms with Gasteiger partial charge in [0.05, 0.1) is 0 Å². The van der Waals surface area contributed by atoms with Crippen molar-refractivity contribution in [1.29, 1.82) is 0 Å². The van der Waals surface area contributed by atoms with E-state index in [0.717, 1.165) is 23.8 Å². The molecule has 7 heteroatoms. The minimum absolute atomic E-state index is 0.341. The molecule has 7 nitrogen and oxygen atoms in total. The second-order valence-electron chi connectivity index (χ2n) is 6.85. The normalized spacial score (nSPS) is 13.1. The monoisotopic (exact) mass is 389 g/mol. The van der Waals surface area contributed by atoms with Gasteiger partial charge in [0.15, 0.2) is 6.10 Å². The zero-order valence-electron chi connectivity index (χ0n) is 16.7. The van der Waals surface area contributed by atoms with Gasteiger partial charge in [-0.15, -0.1) is 0 Å². The summed E-state index contributed by atoms with van der Waals surface area (Å²) in [6.45, 7) is 7.20. The van der Waals surface area contributed by atoms with Crippen LogP contribution in [0.25, 0.3) is 11.0 Å². The van der Waals surface area contributed by atoms with Crippen LogP contribution in [-0.4, -0.2) is 29.1 Å². The van der Waals surface area contributed by atoms with Gasteiger partial charge in [0, 0.05) is 17.0 Å². The molecule has 0 radical (unpaired) electrons. The van der Waals surface area contributed by atoms with Gasteiger partial charge >= 0.3 is 11.6 Å². The van der Waals surface area contributed by atoms with Gasteiger partial charge in [0.1, 0.15) is 17.4 Å². The molecule has 0 unspecified atom stereocenters. The Balaban J connectivity index is 2.26. The van der Waals surface area contributed by atoms with Crippen LogP contribution >= 0.6 is 0 Å². The number of benzene rings is 1. The lowest BCUT2D eigenvalue weighted by Crippen LogP contribution is -2.46. The Kier molecular flexibility index (Phi) is 7.20. The van der Waals surface area contributed by atoms with Gasteiger partial charge in [-0.1, -0.05) is 26.7 Å². The van der Waals surface area contributed by atoms with Crippen molar-refractivity contribution in [3.63, 3.8) is 0 Å². The second kappa shape index (κ2) is 9.39. The smallest absolute Gasteiger partial charge is 0.336 e. The Labute approximate surface area is 163 Å². The first-order valence-corrected chi connectivity index (χ1v) is 9.54. The summed E-state index contributed by atoms with van der Waals surface area (Å²) in [6.07, 6.45) is 1.73. The molecule has 1 aromatic carbocycles. The van der Waals surface area contributed by atoms with Crippen molar-refractivity contribution in [2.45, 2.75) is 65.5 Å². The first-order valence-electron chi connectivity index (χ1n) is 9.54. The van der Waals surface area contributed by atoms with Crippen molar-refractivity contribution < 1.29 is 23.8 Å².